The van der Waals surface area contributed by atoms with E-state index in [-0.39, 0.29) is 6.04 Å². The van der Waals surface area contributed by atoms with Crippen LogP contribution in [0.5, 0.6) is 0 Å². The molecule has 0 spiro atoms. The van der Waals surface area contributed by atoms with Crippen molar-refractivity contribution in [3.05, 3.63) is 22.4 Å². The zero-order chi connectivity index (χ0) is 10.8. The first-order valence-electron chi connectivity index (χ1n) is 4.16. The molecule has 1 unspecified atom stereocenters. The molecule has 0 aromatic carbocycles. The lowest BCUT2D eigenvalue weighted by Crippen LogP contribution is -2.36. The second-order valence-electron chi connectivity index (χ2n) is 3.14. The topological polar surface area (TPSA) is 49.4 Å². The SMILES string of the molecule is CC(NS(=O)(=O)N(C)C)c1cccs1. The maximum absolute atomic E-state index is 11.5. The monoisotopic (exact) mass is 234 g/mol. The van der Waals surface area contributed by atoms with E-state index in [1.807, 2.05) is 24.4 Å². The number of nitrogens with zero attached hydrogens (tertiary/aromatic N) is 1. The Morgan fingerprint density at radius 3 is 2.57 bits per heavy atom. The third-order valence-corrected chi connectivity index (χ3v) is 4.44. The van der Waals surface area contributed by atoms with Crippen molar-refractivity contribution in [2.75, 3.05) is 14.1 Å². The standard InChI is InChI=1S/C8H14N2O2S2/c1-7(8-5-4-6-13-8)9-14(11,12)10(2)3/h4-7,9H,1-3H3. The molecule has 0 saturated heterocycles. The third kappa shape index (κ3) is 2.78. The normalized spacial score (nSPS) is 14.6. The average Bonchev–Trinajstić information content (AvgIpc) is 2.54. The molecule has 1 N–H and O–H groups in total. The summed E-state index contributed by atoms with van der Waals surface area (Å²) in [5.41, 5.74) is 0. The van der Waals surface area contributed by atoms with Gasteiger partial charge in [0.05, 0.1) is 6.04 Å². The highest BCUT2D eigenvalue weighted by atomic mass is 32.2. The van der Waals surface area contributed by atoms with Crippen molar-refractivity contribution < 1.29 is 8.42 Å². The first kappa shape index (κ1) is 11.6. The number of rotatable bonds is 4. The summed E-state index contributed by atoms with van der Waals surface area (Å²) in [6.45, 7) is 1.83. The average molecular weight is 234 g/mol. The number of hydrogen-bond acceptors (Lipinski definition) is 3. The Balaban J connectivity index is 2.71. The molecule has 0 aliphatic carbocycles. The first-order valence-corrected chi connectivity index (χ1v) is 6.48. The van der Waals surface area contributed by atoms with E-state index in [1.54, 1.807) is 0 Å². The van der Waals surface area contributed by atoms with E-state index in [9.17, 15) is 8.42 Å². The molecular weight excluding hydrogens is 220 g/mol. The molecule has 80 valence electrons. The van der Waals surface area contributed by atoms with Crippen LogP contribution in [0.1, 0.15) is 17.8 Å². The number of nitrogens with one attached hydrogen (secondary N) is 1. The van der Waals surface area contributed by atoms with Gasteiger partial charge < -0.3 is 0 Å². The van der Waals surface area contributed by atoms with Gasteiger partial charge in [0, 0.05) is 19.0 Å². The highest BCUT2D eigenvalue weighted by molar-refractivity contribution is 7.87. The van der Waals surface area contributed by atoms with Gasteiger partial charge in [-0.2, -0.15) is 17.4 Å². The molecule has 0 radical (unpaired) electrons. The van der Waals surface area contributed by atoms with E-state index < -0.39 is 10.2 Å². The summed E-state index contributed by atoms with van der Waals surface area (Å²) in [7, 11) is -0.327. The molecule has 0 amide bonds. The van der Waals surface area contributed by atoms with Crippen LogP contribution in [0, 0.1) is 0 Å². The van der Waals surface area contributed by atoms with Crippen molar-refractivity contribution >= 4 is 21.5 Å². The fourth-order valence-corrected chi connectivity index (χ4v) is 2.52. The van der Waals surface area contributed by atoms with Gasteiger partial charge in [-0.3, -0.25) is 0 Å². The van der Waals surface area contributed by atoms with Crippen molar-refractivity contribution in [1.82, 2.24) is 9.03 Å². The molecule has 4 nitrogen and oxygen atoms in total. The van der Waals surface area contributed by atoms with Crippen LogP contribution in [-0.2, 0) is 10.2 Å². The summed E-state index contributed by atoms with van der Waals surface area (Å²) >= 11 is 1.54. The van der Waals surface area contributed by atoms with Gasteiger partial charge in [-0.25, -0.2) is 0 Å². The molecule has 14 heavy (non-hydrogen) atoms. The molecule has 6 heteroatoms. The van der Waals surface area contributed by atoms with Gasteiger partial charge in [-0.15, -0.1) is 11.3 Å². The van der Waals surface area contributed by atoms with Crippen molar-refractivity contribution in [3.63, 3.8) is 0 Å². The van der Waals surface area contributed by atoms with Crippen molar-refractivity contribution in [3.8, 4) is 0 Å². The van der Waals surface area contributed by atoms with E-state index in [4.69, 9.17) is 0 Å². The Bertz CT molecular complexity index is 370. The van der Waals surface area contributed by atoms with Crippen LogP contribution in [0.25, 0.3) is 0 Å². The molecule has 0 bridgehead atoms. The molecule has 0 fully saturated rings. The zero-order valence-corrected chi connectivity index (χ0v) is 10.0. The Morgan fingerprint density at radius 1 is 1.50 bits per heavy atom. The molecular formula is C8H14N2O2S2. The highest BCUT2D eigenvalue weighted by Gasteiger charge is 2.17. The second kappa shape index (κ2) is 4.39. The highest BCUT2D eigenvalue weighted by Crippen LogP contribution is 2.18. The minimum absolute atomic E-state index is 0.178. The molecule has 1 aromatic heterocycles. The number of thiophene rings is 1. The van der Waals surface area contributed by atoms with Gasteiger partial charge in [0.1, 0.15) is 0 Å². The van der Waals surface area contributed by atoms with Crippen LogP contribution in [0.4, 0.5) is 0 Å². The molecule has 1 heterocycles. The summed E-state index contributed by atoms with van der Waals surface area (Å²) in [6.07, 6.45) is 0. The summed E-state index contributed by atoms with van der Waals surface area (Å²) in [4.78, 5) is 1.01. The van der Waals surface area contributed by atoms with E-state index in [1.165, 1.54) is 25.4 Å². The molecule has 1 rings (SSSR count). The van der Waals surface area contributed by atoms with Gasteiger partial charge in [0.2, 0.25) is 0 Å². The van der Waals surface area contributed by atoms with Crippen molar-refractivity contribution in [2.45, 2.75) is 13.0 Å². The predicted octanol–water partition coefficient (Wildman–Crippen LogP) is 1.21. The van der Waals surface area contributed by atoms with E-state index in [0.29, 0.717) is 0 Å². The molecule has 1 atom stereocenters. The predicted molar refractivity (Wildman–Crippen MR) is 58.5 cm³/mol. The Hall–Kier alpha value is -0.430. The molecule has 0 saturated carbocycles. The lowest BCUT2D eigenvalue weighted by Gasteiger charge is -2.16. The fourth-order valence-electron chi connectivity index (χ4n) is 0.925. The summed E-state index contributed by atoms with van der Waals surface area (Å²) in [6, 6.07) is 3.64. The van der Waals surface area contributed by atoms with Crippen molar-refractivity contribution in [2.24, 2.45) is 0 Å². The van der Waals surface area contributed by atoms with Crippen LogP contribution in [0.15, 0.2) is 17.5 Å². The van der Waals surface area contributed by atoms with Gasteiger partial charge in [0.15, 0.2) is 0 Å². The molecule has 0 aliphatic rings. The van der Waals surface area contributed by atoms with Crippen LogP contribution in [0.3, 0.4) is 0 Å². The quantitative estimate of drug-likeness (QED) is 0.851. The van der Waals surface area contributed by atoms with Crippen LogP contribution in [0.2, 0.25) is 0 Å². The fraction of sp³-hybridized carbons (Fsp3) is 0.500. The second-order valence-corrected chi connectivity index (χ2v) is 6.04. The van der Waals surface area contributed by atoms with E-state index in [0.717, 1.165) is 9.18 Å². The molecule has 1 aromatic rings. The van der Waals surface area contributed by atoms with Crippen LogP contribution in [-0.4, -0.2) is 26.8 Å². The Kier molecular flexibility index (Phi) is 3.65. The Morgan fingerprint density at radius 2 is 2.14 bits per heavy atom. The summed E-state index contributed by atoms with van der Waals surface area (Å²) in [5.74, 6) is 0. The maximum atomic E-state index is 11.5. The lowest BCUT2D eigenvalue weighted by atomic mass is 10.3. The van der Waals surface area contributed by atoms with Crippen LogP contribution >= 0.6 is 11.3 Å². The summed E-state index contributed by atoms with van der Waals surface area (Å²) in [5, 5.41) is 1.93. The summed E-state index contributed by atoms with van der Waals surface area (Å²) < 4.78 is 26.6. The van der Waals surface area contributed by atoms with Crippen molar-refractivity contribution in [1.29, 1.82) is 0 Å². The number of hydrogen-bond donors (Lipinski definition) is 1. The third-order valence-electron chi connectivity index (χ3n) is 1.78. The van der Waals surface area contributed by atoms with Gasteiger partial charge >= 0.3 is 0 Å². The smallest absolute Gasteiger partial charge is 0.195 e. The van der Waals surface area contributed by atoms with E-state index >= 15 is 0 Å². The first-order chi connectivity index (χ1) is 6.43. The van der Waals surface area contributed by atoms with Gasteiger partial charge in [-0.1, -0.05) is 6.07 Å². The Labute approximate surface area is 88.7 Å². The zero-order valence-electron chi connectivity index (χ0n) is 8.39. The van der Waals surface area contributed by atoms with Gasteiger partial charge in [0.25, 0.3) is 10.2 Å². The van der Waals surface area contributed by atoms with Gasteiger partial charge in [-0.05, 0) is 18.4 Å². The largest absolute Gasteiger partial charge is 0.279 e. The van der Waals surface area contributed by atoms with E-state index in [2.05, 4.69) is 4.72 Å². The van der Waals surface area contributed by atoms with Crippen LogP contribution < -0.4 is 4.72 Å². The maximum Gasteiger partial charge on any atom is 0.279 e. The minimum Gasteiger partial charge on any atom is -0.195 e. The minimum atomic E-state index is -3.33. The molecule has 0 aliphatic heterocycles. The lowest BCUT2D eigenvalue weighted by molar-refractivity contribution is 0.495.